The molecule has 0 N–H and O–H groups in total. The van der Waals surface area contributed by atoms with E-state index in [1.807, 2.05) is 18.2 Å². The zero-order valence-corrected chi connectivity index (χ0v) is 18.1. The first-order chi connectivity index (χ1) is 15.5. The monoisotopic (exact) mass is 410 g/mol. The van der Waals surface area contributed by atoms with E-state index in [0.717, 1.165) is 11.1 Å². The number of hydrogen-bond donors (Lipinski definition) is 0. The molecule has 0 bridgehead atoms. The minimum absolute atomic E-state index is 0.0776. The summed E-state index contributed by atoms with van der Waals surface area (Å²) >= 11 is 0. The highest BCUT2D eigenvalue weighted by Gasteiger charge is 2.38. The van der Waals surface area contributed by atoms with E-state index in [1.54, 1.807) is 6.07 Å². The van der Waals surface area contributed by atoms with Crippen LogP contribution < -0.4 is 0 Å². The van der Waals surface area contributed by atoms with E-state index >= 15 is 0 Å². The van der Waals surface area contributed by atoms with Crippen molar-refractivity contribution in [2.45, 2.75) is 25.2 Å². The SMILES string of the molecule is [C-]#[N+]c1cc(C#N)cc(-c2ccccc2C2c3ccccc3C(C)(C)c3ccccc32)c1. The highest BCUT2D eigenvalue weighted by atomic mass is 14.6. The minimum Gasteiger partial charge on any atom is -0.238 e. The summed E-state index contributed by atoms with van der Waals surface area (Å²) in [6.45, 7) is 12.1. The molecule has 1 aliphatic rings. The third kappa shape index (κ3) is 3.01. The molecule has 0 radical (unpaired) electrons. The number of benzene rings is 4. The van der Waals surface area contributed by atoms with Crippen LogP contribution in [0.15, 0.2) is 91.0 Å². The molecule has 0 heterocycles. The average molecular weight is 411 g/mol. The van der Waals surface area contributed by atoms with Gasteiger partial charge in [0, 0.05) is 16.9 Å². The third-order valence-electron chi connectivity index (χ3n) is 6.65. The fourth-order valence-corrected chi connectivity index (χ4v) is 5.19. The lowest BCUT2D eigenvalue weighted by Gasteiger charge is -2.40. The van der Waals surface area contributed by atoms with E-state index in [4.69, 9.17) is 6.57 Å². The van der Waals surface area contributed by atoms with Crippen LogP contribution in [0.3, 0.4) is 0 Å². The molecular weight excluding hydrogens is 388 g/mol. The first-order valence-electron chi connectivity index (χ1n) is 10.8. The van der Waals surface area contributed by atoms with E-state index in [9.17, 15) is 5.26 Å². The van der Waals surface area contributed by atoms with Crippen LogP contribution in [-0.4, -0.2) is 0 Å². The highest BCUT2D eigenvalue weighted by molar-refractivity contribution is 5.76. The molecule has 0 aromatic heterocycles. The van der Waals surface area contributed by atoms with E-state index in [0.29, 0.717) is 11.3 Å². The lowest BCUT2D eigenvalue weighted by atomic mass is 9.63. The standard InChI is InChI=1S/C30H22N2/c1-30(2)27-14-8-6-12-25(27)29(26-13-7-9-15-28(26)30)24-11-5-4-10-23(24)21-16-20(19-31)17-22(18-21)32-3/h4-18,29H,1-2H3. The Bertz CT molecular complexity index is 1350. The largest absolute Gasteiger partial charge is 0.238 e. The smallest absolute Gasteiger partial charge is 0.189 e. The number of nitriles is 1. The maximum Gasteiger partial charge on any atom is 0.189 e. The summed E-state index contributed by atoms with van der Waals surface area (Å²) in [5, 5.41) is 9.51. The Kier molecular flexibility index (Phi) is 4.66. The van der Waals surface area contributed by atoms with E-state index in [1.165, 1.54) is 27.8 Å². The molecule has 2 heteroatoms. The Morgan fingerprint density at radius 2 is 1.34 bits per heavy atom. The van der Waals surface area contributed by atoms with Crippen LogP contribution in [0.4, 0.5) is 5.69 Å². The molecule has 0 aliphatic heterocycles. The van der Waals surface area contributed by atoms with Crippen molar-refractivity contribution in [1.82, 2.24) is 0 Å². The van der Waals surface area contributed by atoms with Gasteiger partial charge in [0.2, 0.25) is 0 Å². The second-order valence-corrected chi connectivity index (χ2v) is 8.81. The van der Waals surface area contributed by atoms with Crippen molar-refractivity contribution in [3.05, 3.63) is 136 Å². The Balaban J connectivity index is 1.81. The van der Waals surface area contributed by atoms with Gasteiger partial charge in [-0.25, -0.2) is 4.85 Å². The number of fused-ring (bicyclic) bond motifs is 2. The molecule has 32 heavy (non-hydrogen) atoms. The fourth-order valence-electron chi connectivity index (χ4n) is 5.19. The van der Waals surface area contributed by atoms with Gasteiger partial charge in [-0.2, -0.15) is 5.26 Å². The Morgan fingerprint density at radius 1 is 0.781 bits per heavy atom. The second-order valence-electron chi connectivity index (χ2n) is 8.81. The Hall–Kier alpha value is -4.14. The van der Waals surface area contributed by atoms with Crippen LogP contribution >= 0.6 is 0 Å². The summed E-state index contributed by atoms with van der Waals surface area (Å²) < 4.78 is 0. The number of hydrogen-bond acceptors (Lipinski definition) is 1. The van der Waals surface area contributed by atoms with Crippen molar-refractivity contribution in [1.29, 1.82) is 5.26 Å². The van der Waals surface area contributed by atoms with Gasteiger partial charge >= 0.3 is 0 Å². The van der Waals surface area contributed by atoms with Crippen molar-refractivity contribution in [3.8, 4) is 17.2 Å². The lowest BCUT2D eigenvalue weighted by Crippen LogP contribution is -2.29. The zero-order chi connectivity index (χ0) is 22.3. The zero-order valence-electron chi connectivity index (χ0n) is 18.1. The van der Waals surface area contributed by atoms with Crippen molar-refractivity contribution >= 4 is 5.69 Å². The molecule has 0 saturated heterocycles. The highest BCUT2D eigenvalue weighted by Crippen LogP contribution is 2.50. The van der Waals surface area contributed by atoms with Gasteiger partial charge in [-0.1, -0.05) is 86.6 Å². The van der Waals surface area contributed by atoms with E-state index < -0.39 is 0 Å². The lowest BCUT2D eigenvalue weighted by molar-refractivity contribution is 0.597. The van der Waals surface area contributed by atoms with Gasteiger partial charge in [0.15, 0.2) is 5.69 Å². The van der Waals surface area contributed by atoms with E-state index in [-0.39, 0.29) is 11.3 Å². The first kappa shape index (κ1) is 19.8. The quantitative estimate of drug-likeness (QED) is 0.313. The van der Waals surface area contributed by atoms with Crippen LogP contribution in [0.2, 0.25) is 0 Å². The molecule has 4 aromatic carbocycles. The van der Waals surface area contributed by atoms with Gasteiger partial charge < -0.3 is 0 Å². The van der Waals surface area contributed by atoms with E-state index in [2.05, 4.69) is 91.5 Å². The van der Waals surface area contributed by atoms with Crippen LogP contribution in [-0.2, 0) is 5.41 Å². The van der Waals surface area contributed by atoms with Gasteiger partial charge in [0.25, 0.3) is 0 Å². The third-order valence-corrected chi connectivity index (χ3v) is 6.65. The van der Waals surface area contributed by atoms with Crippen molar-refractivity contribution in [3.63, 3.8) is 0 Å². The molecule has 2 nitrogen and oxygen atoms in total. The molecule has 0 atom stereocenters. The molecule has 0 unspecified atom stereocenters. The summed E-state index contributed by atoms with van der Waals surface area (Å²) in [6, 6.07) is 33.5. The maximum atomic E-state index is 9.51. The molecule has 5 rings (SSSR count). The summed E-state index contributed by atoms with van der Waals surface area (Å²) in [4.78, 5) is 3.60. The van der Waals surface area contributed by atoms with Gasteiger partial charge in [-0.05, 0) is 57.1 Å². The number of rotatable bonds is 2. The Morgan fingerprint density at radius 3 is 1.94 bits per heavy atom. The summed E-state index contributed by atoms with van der Waals surface area (Å²) in [5.74, 6) is 0.0776. The molecular formula is C30H22N2. The predicted octanol–water partition coefficient (Wildman–Crippen LogP) is 7.60. The molecule has 4 aromatic rings. The topological polar surface area (TPSA) is 28.1 Å². The van der Waals surface area contributed by atoms with Gasteiger partial charge in [-0.15, -0.1) is 0 Å². The number of nitrogens with zero attached hydrogens (tertiary/aromatic N) is 2. The summed E-state index contributed by atoms with van der Waals surface area (Å²) in [6.07, 6.45) is 0. The van der Waals surface area contributed by atoms with Crippen LogP contribution in [0.1, 0.15) is 53.1 Å². The van der Waals surface area contributed by atoms with Crippen LogP contribution in [0.25, 0.3) is 16.0 Å². The molecule has 0 spiro atoms. The fraction of sp³-hybridized carbons (Fsp3) is 0.133. The van der Waals surface area contributed by atoms with Gasteiger partial charge in [0.1, 0.15) is 0 Å². The summed E-state index contributed by atoms with van der Waals surface area (Å²) in [7, 11) is 0. The van der Waals surface area contributed by atoms with Gasteiger partial charge in [0.05, 0.1) is 12.6 Å². The van der Waals surface area contributed by atoms with Gasteiger partial charge in [-0.3, -0.25) is 0 Å². The normalized spacial score (nSPS) is 14.0. The van der Waals surface area contributed by atoms with Crippen LogP contribution in [0.5, 0.6) is 0 Å². The molecule has 0 fully saturated rings. The first-order valence-corrected chi connectivity index (χ1v) is 10.8. The Labute approximate surface area is 189 Å². The predicted molar refractivity (Wildman–Crippen MR) is 129 cm³/mol. The van der Waals surface area contributed by atoms with Crippen molar-refractivity contribution in [2.75, 3.05) is 0 Å². The average Bonchev–Trinajstić information content (AvgIpc) is 2.84. The maximum absolute atomic E-state index is 9.51. The van der Waals surface area contributed by atoms with Crippen LogP contribution in [0, 0.1) is 17.9 Å². The summed E-state index contributed by atoms with van der Waals surface area (Å²) in [5.41, 5.74) is 9.36. The molecule has 0 saturated carbocycles. The minimum atomic E-state index is -0.0867. The van der Waals surface area contributed by atoms with Crippen molar-refractivity contribution < 1.29 is 0 Å². The molecule has 152 valence electrons. The van der Waals surface area contributed by atoms with Crippen molar-refractivity contribution in [2.24, 2.45) is 0 Å². The second kappa shape index (κ2) is 7.52. The molecule has 1 aliphatic carbocycles. The molecule has 0 amide bonds.